The highest BCUT2D eigenvalue weighted by molar-refractivity contribution is 6.62. The highest BCUT2D eigenvalue weighted by Gasteiger charge is 2.54. The molecule has 2 aliphatic carbocycles. The largest absolute Gasteiger partial charge is 0.498 e. The van der Waals surface area contributed by atoms with Crippen molar-refractivity contribution in [1.29, 1.82) is 0 Å². The van der Waals surface area contributed by atoms with Crippen molar-refractivity contribution in [3.05, 3.63) is 11.9 Å². The number of hydrogen-bond donors (Lipinski definition) is 0. The summed E-state index contributed by atoms with van der Waals surface area (Å²) in [5.41, 5.74) is 1.97. The summed E-state index contributed by atoms with van der Waals surface area (Å²) in [6.07, 6.45) is 9.58. The highest BCUT2D eigenvalue weighted by Crippen LogP contribution is 2.59. The van der Waals surface area contributed by atoms with E-state index in [1.807, 2.05) is 13.3 Å². The molecule has 0 amide bonds. The van der Waals surface area contributed by atoms with Crippen LogP contribution in [-0.2, 0) is 20.6 Å². The summed E-state index contributed by atoms with van der Waals surface area (Å²) in [5, 5.41) is 4.69. The average molecular weight is 360 g/mol. The first-order chi connectivity index (χ1) is 12.1. The van der Waals surface area contributed by atoms with E-state index in [1.54, 1.807) is 0 Å². The van der Waals surface area contributed by atoms with Crippen LogP contribution in [0.15, 0.2) is 6.20 Å². The van der Waals surface area contributed by atoms with Gasteiger partial charge < -0.3 is 14.0 Å². The molecule has 5 nitrogen and oxygen atoms in total. The summed E-state index contributed by atoms with van der Waals surface area (Å²) in [5.74, 6) is 0. The van der Waals surface area contributed by atoms with Gasteiger partial charge in [-0.1, -0.05) is 0 Å². The summed E-state index contributed by atoms with van der Waals surface area (Å²) in [6, 6.07) is 0. The van der Waals surface area contributed by atoms with Crippen molar-refractivity contribution in [3.8, 4) is 0 Å². The Morgan fingerprint density at radius 1 is 1.12 bits per heavy atom. The lowest BCUT2D eigenvalue weighted by atomic mass is 9.75. The van der Waals surface area contributed by atoms with Crippen LogP contribution >= 0.6 is 0 Å². The predicted molar refractivity (Wildman–Crippen MR) is 103 cm³/mol. The zero-order chi connectivity index (χ0) is 18.8. The maximum atomic E-state index is 6.22. The van der Waals surface area contributed by atoms with Gasteiger partial charge in [0.1, 0.15) is 0 Å². The van der Waals surface area contributed by atoms with Gasteiger partial charge in [-0.15, -0.1) is 0 Å². The molecule has 2 saturated carbocycles. The molecule has 3 fully saturated rings. The lowest BCUT2D eigenvalue weighted by Crippen LogP contribution is -2.43. The molecule has 1 aliphatic heterocycles. The van der Waals surface area contributed by atoms with Gasteiger partial charge in [-0.2, -0.15) is 5.10 Å². The molecule has 26 heavy (non-hydrogen) atoms. The van der Waals surface area contributed by atoms with Gasteiger partial charge in [-0.05, 0) is 78.6 Å². The van der Waals surface area contributed by atoms with Crippen molar-refractivity contribution in [2.45, 2.75) is 96.5 Å². The van der Waals surface area contributed by atoms with Crippen LogP contribution in [0.2, 0.25) is 0 Å². The average Bonchev–Trinajstić information content (AvgIpc) is 3.13. The van der Waals surface area contributed by atoms with Gasteiger partial charge in [0.05, 0.1) is 23.3 Å². The minimum atomic E-state index is -0.353. The first-order valence-electron chi connectivity index (χ1n) is 10.0. The van der Waals surface area contributed by atoms with Crippen LogP contribution in [-0.4, -0.2) is 40.8 Å². The summed E-state index contributed by atoms with van der Waals surface area (Å²) in [7, 11) is 1.52. The van der Waals surface area contributed by atoms with Crippen molar-refractivity contribution in [2.75, 3.05) is 7.11 Å². The van der Waals surface area contributed by atoms with Crippen molar-refractivity contribution in [2.24, 2.45) is 5.41 Å². The van der Waals surface area contributed by atoms with Gasteiger partial charge in [0.25, 0.3) is 0 Å². The second-order valence-electron chi connectivity index (χ2n) is 9.85. The number of methoxy groups -OCH3 is 1. The van der Waals surface area contributed by atoms with E-state index in [0.717, 1.165) is 24.1 Å². The predicted octanol–water partition coefficient (Wildman–Crippen LogP) is 3.23. The van der Waals surface area contributed by atoms with Crippen LogP contribution < -0.4 is 5.46 Å². The quantitative estimate of drug-likeness (QED) is 0.774. The summed E-state index contributed by atoms with van der Waals surface area (Å²) >= 11 is 0. The second kappa shape index (κ2) is 5.82. The molecule has 3 aliphatic rings. The topological polar surface area (TPSA) is 45.5 Å². The van der Waals surface area contributed by atoms with Crippen molar-refractivity contribution in [3.63, 3.8) is 0 Å². The third-order valence-corrected chi connectivity index (χ3v) is 7.51. The van der Waals surface area contributed by atoms with E-state index in [1.165, 1.54) is 32.1 Å². The molecule has 6 heteroatoms. The molecule has 1 aromatic rings. The SMILES string of the molecule is COC1(Cn2ncc(B3OC(C)(C)C(C)(C)O3)c2C)CCCC2(CC2)C1. The lowest BCUT2D eigenvalue weighted by Gasteiger charge is -2.40. The number of hydrogen-bond acceptors (Lipinski definition) is 4. The number of aromatic nitrogens is 2. The molecule has 0 radical (unpaired) electrons. The van der Waals surface area contributed by atoms with E-state index in [4.69, 9.17) is 14.0 Å². The molecule has 0 aromatic carbocycles. The van der Waals surface area contributed by atoms with Crippen molar-refractivity contribution < 1.29 is 14.0 Å². The minimum Gasteiger partial charge on any atom is -0.399 e. The van der Waals surface area contributed by atoms with E-state index in [0.29, 0.717) is 5.41 Å². The molecule has 2 heterocycles. The van der Waals surface area contributed by atoms with Crippen LogP contribution in [0.25, 0.3) is 0 Å². The fraction of sp³-hybridized carbons (Fsp3) is 0.850. The number of rotatable bonds is 4. The van der Waals surface area contributed by atoms with E-state index < -0.39 is 0 Å². The molecule has 4 rings (SSSR count). The monoisotopic (exact) mass is 360 g/mol. The molecule has 1 aromatic heterocycles. The fourth-order valence-corrected chi connectivity index (χ4v) is 4.72. The fourth-order valence-electron chi connectivity index (χ4n) is 4.72. The van der Waals surface area contributed by atoms with Gasteiger partial charge in [0, 0.05) is 24.5 Å². The van der Waals surface area contributed by atoms with Crippen LogP contribution in [0.5, 0.6) is 0 Å². The van der Waals surface area contributed by atoms with E-state index in [-0.39, 0.29) is 23.9 Å². The molecule has 0 N–H and O–H groups in total. The first kappa shape index (κ1) is 18.5. The van der Waals surface area contributed by atoms with Gasteiger partial charge in [0.15, 0.2) is 0 Å². The Labute approximate surface area is 157 Å². The van der Waals surface area contributed by atoms with E-state index in [9.17, 15) is 0 Å². The molecule has 1 saturated heterocycles. The van der Waals surface area contributed by atoms with Gasteiger partial charge in [0.2, 0.25) is 0 Å². The lowest BCUT2D eigenvalue weighted by molar-refractivity contribution is -0.0737. The molecule has 144 valence electrons. The molecule has 1 unspecified atom stereocenters. The van der Waals surface area contributed by atoms with Crippen LogP contribution in [0, 0.1) is 12.3 Å². The Bertz CT molecular complexity index is 679. The Morgan fingerprint density at radius 3 is 2.35 bits per heavy atom. The van der Waals surface area contributed by atoms with Crippen molar-refractivity contribution >= 4 is 12.6 Å². The van der Waals surface area contributed by atoms with Crippen LogP contribution in [0.4, 0.5) is 0 Å². The number of ether oxygens (including phenoxy) is 1. The van der Waals surface area contributed by atoms with E-state index >= 15 is 0 Å². The van der Waals surface area contributed by atoms with Gasteiger partial charge >= 0.3 is 7.12 Å². The van der Waals surface area contributed by atoms with Gasteiger partial charge in [-0.25, -0.2) is 0 Å². The van der Waals surface area contributed by atoms with Gasteiger partial charge in [-0.3, -0.25) is 4.68 Å². The maximum absolute atomic E-state index is 6.22. The third-order valence-electron chi connectivity index (χ3n) is 7.51. The number of nitrogens with zero attached hydrogens (tertiary/aromatic N) is 2. The second-order valence-corrected chi connectivity index (χ2v) is 9.85. The summed E-state index contributed by atoms with van der Waals surface area (Å²) < 4.78 is 20.6. The zero-order valence-electron chi connectivity index (χ0n) is 17.2. The standard InChI is InChI=1S/C20H33BN2O3/c1-15-16(21-25-17(2,3)18(4,5)26-21)12-22-23(15)14-20(24-6)9-7-8-19(13-20)10-11-19/h12H,7-11,13-14H2,1-6H3. The Hall–Kier alpha value is -0.845. The Kier molecular flexibility index (Phi) is 4.15. The molecule has 0 bridgehead atoms. The van der Waals surface area contributed by atoms with E-state index in [2.05, 4.69) is 44.4 Å². The smallest absolute Gasteiger partial charge is 0.399 e. The molecule has 1 spiro atoms. The Morgan fingerprint density at radius 2 is 1.77 bits per heavy atom. The highest BCUT2D eigenvalue weighted by atomic mass is 16.7. The molecule has 1 atom stereocenters. The summed E-state index contributed by atoms with van der Waals surface area (Å²) in [4.78, 5) is 0. The molecular weight excluding hydrogens is 327 g/mol. The van der Waals surface area contributed by atoms with Crippen LogP contribution in [0.1, 0.15) is 71.9 Å². The van der Waals surface area contributed by atoms with Crippen LogP contribution in [0.3, 0.4) is 0 Å². The Balaban J connectivity index is 1.54. The third kappa shape index (κ3) is 2.94. The normalized spacial score (nSPS) is 31.5. The minimum absolute atomic E-state index is 0.0846. The maximum Gasteiger partial charge on any atom is 0.498 e. The zero-order valence-corrected chi connectivity index (χ0v) is 17.2. The first-order valence-corrected chi connectivity index (χ1v) is 10.0. The molecular formula is C20H33BN2O3. The van der Waals surface area contributed by atoms with Crippen molar-refractivity contribution in [1.82, 2.24) is 9.78 Å². The summed E-state index contributed by atoms with van der Waals surface area (Å²) in [6.45, 7) is 11.3.